The van der Waals surface area contributed by atoms with Gasteiger partial charge in [-0.15, -0.1) is 4.72 Å². The van der Waals surface area contributed by atoms with E-state index in [1.165, 1.54) is 19.1 Å². The Bertz CT molecular complexity index is 411. The molecule has 0 atom stereocenters. The standard InChI is InChI=1S/C9H10NO3S/c1-2-14(12,13)10-9(11)8-6-4-3-5-7-8/h3-7H,2H2,1H3. The smallest absolute Gasteiger partial charge is 0.266 e. The number of carbonyl (C=O) groups excluding carboxylic acids is 1. The molecular formula is C9H10NO3S. The van der Waals surface area contributed by atoms with E-state index in [9.17, 15) is 13.2 Å². The van der Waals surface area contributed by atoms with Crippen LogP contribution in [0.5, 0.6) is 0 Å². The molecule has 0 spiro atoms. The molecule has 1 aromatic rings. The van der Waals surface area contributed by atoms with E-state index in [2.05, 4.69) is 4.72 Å². The lowest BCUT2D eigenvalue weighted by Crippen LogP contribution is -2.24. The van der Waals surface area contributed by atoms with Gasteiger partial charge in [0, 0.05) is 5.56 Å². The highest BCUT2D eigenvalue weighted by molar-refractivity contribution is 7.89. The first-order chi connectivity index (χ1) is 6.55. The summed E-state index contributed by atoms with van der Waals surface area (Å²) < 4.78 is 25.1. The number of amides is 1. The van der Waals surface area contributed by atoms with Crippen LogP contribution < -0.4 is 4.72 Å². The molecule has 0 aliphatic heterocycles. The fraction of sp³-hybridized carbons (Fsp3) is 0.222. The number of benzene rings is 1. The van der Waals surface area contributed by atoms with E-state index in [1.54, 1.807) is 18.2 Å². The first-order valence-electron chi connectivity index (χ1n) is 4.10. The van der Waals surface area contributed by atoms with Crippen molar-refractivity contribution in [3.8, 4) is 0 Å². The van der Waals surface area contributed by atoms with E-state index in [-0.39, 0.29) is 11.3 Å². The molecule has 1 amide bonds. The van der Waals surface area contributed by atoms with Gasteiger partial charge in [-0.05, 0) is 19.1 Å². The zero-order valence-electron chi connectivity index (χ0n) is 7.67. The number of nitrogens with zero attached hydrogens (tertiary/aromatic N) is 1. The average molecular weight is 212 g/mol. The summed E-state index contributed by atoms with van der Waals surface area (Å²) >= 11 is 0. The fourth-order valence-electron chi connectivity index (χ4n) is 0.824. The summed E-state index contributed by atoms with van der Waals surface area (Å²) in [6.07, 6.45) is 0. The van der Waals surface area contributed by atoms with E-state index in [4.69, 9.17) is 0 Å². The molecule has 0 saturated heterocycles. The largest absolute Gasteiger partial charge is 0.287 e. The lowest BCUT2D eigenvalue weighted by molar-refractivity contribution is 0.0978. The molecule has 0 aliphatic carbocycles. The zero-order chi connectivity index (χ0) is 10.6. The highest BCUT2D eigenvalue weighted by Crippen LogP contribution is 2.00. The third-order valence-corrected chi connectivity index (χ3v) is 2.78. The summed E-state index contributed by atoms with van der Waals surface area (Å²) in [5, 5.41) is 0. The van der Waals surface area contributed by atoms with Crippen molar-refractivity contribution < 1.29 is 13.2 Å². The maximum atomic E-state index is 11.3. The van der Waals surface area contributed by atoms with Crippen molar-refractivity contribution >= 4 is 15.9 Å². The highest BCUT2D eigenvalue weighted by atomic mass is 32.2. The molecule has 0 saturated carbocycles. The van der Waals surface area contributed by atoms with Crippen LogP contribution in [0.4, 0.5) is 0 Å². The predicted molar refractivity (Wildman–Crippen MR) is 52.4 cm³/mol. The Balaban J connectivity index is 2.79. The Labute approximate surface area is 83.0 Å². The van der Waals surface area contributed by atoms with E-state index < -0.39 is 15.9 Å². The van der Waals surface area contributed by atoms with Crippen LogP contribution in [0.3, 0.4) is 0 Å². The van der Waals surface area contributed by atoms with E-state index >= 15 is 0 Å². The number of hydrogen-bond acceptors (Lipinski definition) is 3. The Morgan fingerprint density at radius 2 is 1.86 bits per heavy atom. The van der Waals surface area contributed by atoms with Crippen molar-refractivity contribution in [1.29, 1.82) is 0 Å². The Morgan fingerprint density at radius 1 is 1.29 bits per heavy atom. The summed E-state index contributed by atoms with van der Waals surface area (Å²) in [6.45, 7) is 1.44. The maximum Gasteiger partial charge on any atom is 0.287 e. The molecule has 0 fully saturated rings. The van der Waals surface area contributed by atoms with Crippen LogP contribution in [0.1, 0.15) is 17.3 Å². The van der Waals surface area contributed by atoms with Gasteiger partial charge in [0.2, 0.25) is 0 Å². The molecule has 0 aliphatic rings. The molecule has 0 bridgehead atoms. The number of sulfonamides is 1. The van der Waals surface area contributed by atoms with Gasteiger partial charge >= 0.3 is 0 Å². The summed E-state index contributed by atoms with van der Waals surface area (Å²) in [4.78, 5) is 11.3. The number of carbonyl (C=O) groups is 1. The molecule has 1 radical (unpaired) electrons. The molecule has 4 nitrogen and oxygen atoms in total. The SMILES string of the molecule is CCS(=O)(=O)[N]C(=O)c1ccccc1. The topological polar surface area (TPSA) is 65.3 Å². The van der Waals surface area contributed by atoms with Crippen molar-refractivity contribution in [3.63, 3.8) is 0 Å². The Hall–Kier alpha value is -1.36. The van der Waals surface area contributed by atoms with Crippen LogP contribution in [0, 0.1) is 0 Å². The molecular weight excluding hydrogens is 202 g/mol. The normalized spacial score (nSPS) is 10.9. The molecule has 14 heavy (non-hydrogen) atoms. The van der Waals surface area contributed by atoms with Crippen molar-refractivity contribution in [3.05, 3.63) is 35.9 Å². The second-order valence-electron chi connectivity index (χ2n) is 2.63. The Kier molecular flexibility index (Phi) is 3.24. The summed E-state index contributed by atoms with van der Waals surface area (Å²) in [5.41, 5.74) is 0.282. The fourth-order valence-corrected chi connectivity index (χ4v) is 1.31. The summed E-state index contributed by atoms with van der Waals surface area (Å²) in [5.74, 6) is -0.876. The van der Waals surface area contributed by atoms with Crippen LogP contribution in [0.25, 0.3) is 0 Å². The third-order valence-electron chi connectivity index (χ3n) is 1.61. The molecule has 0 unspecified atom stereocenters. The zero-order valence-corrected chi connectivity index (χ0v) is 8.49. The molecule has 1 rings (SSSR count). The summed E-state index contributed by atoms with van der Waals surface area (Å²) in [7, 11) is -3.59. The summed E-state index contributed by atoms with van der Waals surface area (Å²) in [6, 6.07) is 8.10. The van der Waals surface area contributed by atoms with Gasteiger partial charge in [-0.1, -0.05) is 18.2 Å². The van der Waals surface area contributed by atoms with Gasteiger partial charge in [-0.3, -0.25) is 4.79 Å². The van der Waals surface area contributed by atoms with Crippen LogP contribution in [0.2, 0.25) is 0 Å². The van der Waals surface area contributed by atoms with E-state index in [0.717, 1.165) is 0 Å². The molecule has 0 heterocycles. The van der Waals surface area contributed by atoms with Crippen LogP contribution in [-0.2, 0) is 10.0 Å². The lowest BCUT2D eigenvalue weighted by Gasteiger charge is -2.00. The molecule has 5 heteroatoms. The lowest BCUT2D eigenvalue weighted by atomic mass is 10.2. The third kappa shape index (κ3) is 2.85. The van der Waals surface area contributed by atoms with Crippen LogP contribution in [-0.4, -0.2) is 20.1 Å². The van der Waals surface area contributed by atoms with Crippen molar-refractivity contribution in [1.82, 2.24) is 4.72 Å². The minimum Gasteiger partial charge on any atom is -0.266 e. The van der Waals surface area contributed by atoms with Crippen molar-refractivity contribution in [2.45, 2.75) is 6.92 Å². The monoisotopic (exact) mass is 212 g/mol. The van der Waals surface area contributed by atoms with Gasteiger partial charge in [0.15, 0.2) is 0 Å². The average Bonchev–Trinajstić information content (AvgIpc) is 2.19. The van der Waals surface area contributed by atoms with Gasteiger partial charge in [0.25, 0.3) is 15.9 Å². The van der Waals surface area contributed by atoms with Gasteiger partial charge in [0.1, 0.15) is 0 Å². The van der Waals surface area contributed by atoms with E-state index in [0.29, 0.717) is 0 Å². The highest BCUT2D eigenvalue weighted by Gasteiger charge is 2.15. The maximum absolute atomic E-state index is 11.3. The minimum absolute atomic E-state index is 0.161. The second-order valence-corrected chi connectivity index (χ2v) is 4.56. The minimum atomic E-state index is -3.59. The molecule has 1 aromatic carbocycles. The molecule has 0 aromatic heterocycles. The predicted octanol–water partition coefficient (Wildman–Crippen LogP) is 0.781. The van der Waals surface area contributed by atoms with Crippen molar-refractivity contribution in [2.75, 3.05) is 5.75 Å². The Morgan fingerprint density at radius 3 is 2.36 bits per heavy atom. The first kappa shape index (κ1) is 10.7. The van der Waals surface area contributed by atoms with Gasteiger partial charge in [0.05, 0.1) is 5.75 Å². The quantitative estimate of drug-likeness (QED) is 0.743. The number of rotatable bonds is 3. The second kappa shape index (κ2) is 4.23. The van der Waals surface area contributed by atoms with E-state index in [1.807, 2.05) is 0 Å². The van der Waals surface area contributed by atoms with Crippen LogP contribution in [0.15, 0.2) is 30.3 Å². The van der Waals surface area contributed by atoms with Gasteiger partial charge in [-0.25, -0.2) is 8.42 Å². The number of hydrogen-bond donors (Lipinski definition) is 0. The molecule has 0 N–H and O–H groups in total. The van der Waals surface area contributed by atoms with Crippen LogP contribution >= 0.6 is 0 Å². The van der Waals surface area contributed by atoms with Gasteiger partial charge in [-0.2, -0.15) is 0 Å². The van der Waals surface area contributed by atoms with Crippen molar-refractivity contribution in [2.24, 2.45) is 0 Å². The van der Waals surface area contributed by atoms with Gasteiger partial charge < -0.3 is 0 Å². The first-order valence-corrected chi connectivity index (χ1v) is 5.71. The molecule has 75 valence electrons.